The number of nitrogens with two attached hydrogens (primary N) is 1. The van der Waals surface area contributed by atoms with Crippen LogP contribution < -0.4 is 11.2 Å². The second-order valence-corrected chi connectivity index (χ2v) is 6.23. The zero-order valence-corrected chi connectivity index (χ0v) is 15.6. The number of methoxy groups -OCH3 is 1. The highest BCUT2D eigenvalue weighted by Gasteiger charge is 2.39. The molecule has 0 saturated heterocycles. The van der Waals surface area contributed by atoms with Gasteiger partial charge in [0.25, 0.3) is 11.6 Å². The standard InChI is InChI=1S/C19H15N3O8/c1-29-7-6-13(23)21-30-19(26)11-8-12(22(27)28)14-15(16(11)20)18(25)10-5-3-2-4-9(10)17(14)24/h2-5,8H,6-7,20H2,1H3,(H,21,23). The molecule has 1 amide bonds. The van der Waals surface area contributed by atoms with Crippen molar-refractivity contribution in [3.63, 3.8) is 0 Å². The third-order valence-electron chi connectivity index (χ3n) is 4.42. The molecule has 1 aliphatic carbocycles. The molecule has 1 aliphatic rings. The normalized spacial score (nSPS) is 12.0. The first-order chi connectivity index (χ1) is 14.3. The van der Waals surface area contributed by atoms with Gasteiger partial charge in [0.2, 0.25) is 5.78 Å². The Morgan fingerprint density at radius 3 is 2.30 bits per heavy atom. The lowest BCUT2D eigenvalue weighted by atomic mass is 9.81. The highest BCUT2D eigenvalue weighted by atomic mass is 16.7. The summed E-state index contributed by atoms with van der Waals surface area (Å²) in [5, 5.41) is 11.6. The Morgan fingerprint density at radius 1 is 1.13 bits per heavy atom. The van der Waals surface area contributed by atoms with Crippen LogP contribution >= 0.6 is 0 Å². The Balaban J connectivity index is 2.06. The summed E-state index contributed by atoms with van der Waals surface area (Å²) in [6, 6.07) is 6.54. The van der Waals surface area contributed by atoms with Gasteiger partial charge >= 0.3 is 5.97 Å². The quantitative estimate of drug-likeness (QED) is 0.354. The van der Waals surface area contributed by atoms with E-state index >= 15 is 0 Å². The first kappa shape index (κ1) is 20.6. The van der Waals surface area contributed by atoms with E-state index < -0.39 is 56.4 Å². The fourth-order valence-electron chi connectivity index (χ4n) is 3.02. The van der Waals surface area contributed by atoms with E-state index in [1.807, 2.05) is 5.48 Å². The van der Waals surface area contributed by atoms with Crippen molar-refractivity contribution in [2.45, 2.75) is 6.42 Å². The number of benzene rings is 2. The van der Waals surface area contributed by atoms with E-state index in [1.54, 1.807) is 0 Å². The molecule has 30 heavy (non-hydrogen) atoms. The molecule has 0 fully saturated rings. The number of nitro groups is 1. The molecule has 0 spiro atoms. The van der Waals surface area contributed by atoms with Crippen molar-refractivity contribution >= 4 is 34.8 Å². The lowest BCUT2D eigenvalue weighted by Crippen LogP contribution is -2.29. The number of ether oxygens (including phenoxy) is 1. The monoisotopic (exact) mass is 413 g/mol. The van der Waals surface area contributed by atoms with E-state index in [0.29, 0.717) is 0 Å². The van der Waals surface area contributed by atoms with Crippen LogP contribution in [0, 0.1) is 10.1 Å². The van der Waals surface area contributed by atoms with Gasteiger partial charge in [-0.1, -0.05) is 24.3 Å². The fourth-order valence-corrected chi connectivity index (χ4v) is 3.02. The maximum Gasteiger partial charge on any atom is 0.365 e. The van der Waals surface area contributed by atoms with E-state index in [4.69, 9.17) is 10.5 Å². The Kier molecular flexibility index (Phi) is 5.56. The summed E-state index contributed by atoms with van der Waals surface area (Å²) in [4.78, 5) is 65.0. The number of nitrogens with zero attached hydrogens (tertiary/aromatic N) is 1. The SMILES string of the molecule is COCCC(=O)NOC(=O)c1cc([N+](=O)[O-])c2c(c1N)C(=O)c1ccccc1C2=O. The van der Waals surface area contributed by atoms with Crippen LogP contribution in [0.4, 0.5) is 11.4 Å². The predicted molar refractivity (Wildman–Crippen MR) is 101 cm³/mol. The van der Waals surface area contributed by atoms with Crippen LogP contribution in [0.3, 0.4) is 0 Å². The summed E-state index contributed by atoms with van der Waals surface area (Å²) in [6.45, 7) is 0.0753. The number of carbonyl (C=O) groups is 4. The van der Waals surface area contributed by atoms with Gasteiger partial charge in [0.05, 0.1) is 34.8 Å². The van der Waals surface area contributed by atoms with Gasteiger partial charge in [-0.15, -0.1) is 0 Å². The molecule has 0 atom stereocenters. The zero-order valence-electron chi connectivity index (χ0n) is 15.6. The summed E-state index contributed by atoms with van der Waals surface area (Å²) in [5.74, 6) is -3.41. The molecule has 3 N–H and O–H groups in total. The molecular weight excluding hydrogens is 398 g/mol. The van der Waals surface area contributed by atoms with Gasteiger partial charge < -0.3 is 15.3 Å². The minimum absolute atomic E-state index is 0.00164. The van der Waals surface area contributed by atoms with Crippen molar-refractivity contribution in [3.05, 3.63) is 68.3 Å². The number of carbonyl (C=O) groups excluding carboxylic acids is 4. The molecule has 0 heterocycles. The molecule has 0 saturated carbocycles. The number of nitro benzene ring substituents is 1. The number of fused-ring (bicyclic) bond motifs is 2. The van der Waals surface area contributed by atoms with Crippen LogP contribution in [0.15, 0.2) is 30.3 Å². The number of hydrogen-bond acceptors (Lipinski definition) is 9. The number of anilines is 1. The van der Waals surface area contributed by atoms with E-state index in [-0.39, 0.29) is 24.2 Å². The Bertz CT molecular complexity index is 1110. The molecule has 2 aromatic rings. The van der Waals surface area contributed by atoms with Gasteiger partial charge in [-0.2, -0.15) is 5.48 Å². The summed E-state index contributed by atoms with van der Waals surface area (Å²) in [5.41, 5.74) is 5.09. The maximum atomic E-state index is 12.9. The van der Waals surface area contributed by atoms with Crippen LogP contribution in [0.2, 0.25) is 0 Å². The fraction of sp³-hybridized carbons (Fsp3) is 0.158. The number of hydrogen-bond donors (Lipinski definition) is 2. The van der Waals surface area contributed by atoms with Crippen molar-refractivity contribution in [1.82, 2.24) is 5.48 Å². The molecule has 11 nitrogen and oxygen atoms in total. The van der Waals surface area contributed by atoms with Gasteiger partial charge in [-0.05, 0) is 0 Å². The summed E-state index contributed by atoms with van der Waals surface area (Å²) >= 11 is 0. The lowest BCUT2D eigenvalue weighted by Gasteiger charge is -2.20. The van der Waals surface area contributed by atoms with Crippen molar-refractivity contribution in [2.75, 3.05) is 19.5 Å². The Morgan fingerprint density at radius 2 is 1.73 bits per heavy atom. The third-order valence-corrected chi connectivity index (χ3v) is 4.42. The lowest BCUT2D eigenvalue weighted by molar-refractivity contribution is -0.385. The van der Waals surface area contributed by atoms with Crippen LogP contribution in [-0.4, -0.2) is 42.1 Å². The average molecular weight is 413 g/mol. The van der Waals surface area contributed by atoms with Crippen molar-refractivity contribution in [3.8, 4) is 0 Å². The van der Waals surface area contributed by atoms with Crippen LogP contribution in [-0.2, 0) is 14.4 Å². The number of amides is 1. The molecule has 0 radical (unpaired) electrons. The second-order valence-electron chi connectivity index (χ2n) is 6.23. The van der Waals surface area contributed by atoms with Gasteiger partial charge in [0.1, 0.15) is 5.56 Å². The minimum Gasteiger partial charge on any atom is -0.397 e. The molecule has 0 aromatic heterocycles. The summed E-state index contributed by atoms with van der Waals surface area (Å²) in [7, 11) is 1.38. The molecule has 3 rings (SSSR count). The molecule has 0 unspecified atom stereocenters. The number of hydroxylamine groups is 1. The topological polar surface area (TPSA) is 168 Å². The van der Waals surface area contributed by atoms with E-state index in [0.717, 1.165) is 6.07 Å². The molecular formula is C19H15N3O8. The smallest absolute Gasteiger partial charge is 0.365 e. The van der Waals surface area contributed by atoms with Crippen LogP contribution in [0.5, 0.6) is 0 Å². The Hall–Kier alpha value is -4.12. The maximum absolute atomic E-state index is 12.9. The molecule has 0 bridgehead atoms. The van der Waals surface area contributed by atoms with Crippen molar-refractivity contribution in [2.24, 2.45) is 0 Å². The molecule has 154 valence electrons. The summed E-state index contributed by atoms with van der Waals surface area (Å²) in [6.07, 6.45) is -0.104. The number of nitrogens with one attached hydrogen (secondary N) is 1. The molecule has 11 heteroatoms. The van der Waals surface area contributed by atoms with Gasteiger partial charge in [0, 0.05) is 24.3 Å². The van der Waals surface area contributed by atoms with Crippen LogP contribution in [0.1, 0.15) is 48.6 Å². The largest absolute Gasteiger partial charge is 0.397 e. The first-order valence-electron chi connectivity index (χ1n) is 8.56. The van der Waals surface area contributed by atoms with Crippen molar-refractivity contribution < 1.29 is 33.7 Å². The van der Waals surface area contributed by atoms with Gasteiger partial charge in [0.15, 0.2) is 5.78 Å². The van der Waals surface area contributed by atoms with Gasteiger partial charge in [-0.3, -0.25) is 24.5 Å². The van der Waals surface area contributed by atoms with Crippen molar-refractivity contribution in [1.29, 1.82) is 0 Å². The van der Waals surface area contributed by atoms with E-state index in [2.05, 4.69) is 4.84 Å². The second kappa shape index (κ2) is 8.09. The summed E-state index contributed by atoms with van der Waals surface area (Å²) < 4.78 is 4.71. The van der Waals surface area contributed by atoms with Gasteiger partial charge in [-0.25, -0.2) is 4.79 Å². The Labute approximate surface area is 168 Å². The minimum atomic E-state index is -1.23. The third kappa shape index (κ3) is 3.49. The average Bonchev–Trinajstić information content (AvgIpc) is 2.73. The molecule has 0 aliphatic heterocycles. The van der Waals surface area contributed by atoms with E-state index in [9.17, 15) is 29.3 Å². The first-order valence-corrected chi connectivity index (χ1v) is 8.56. The van der Waals surface area contributed by atoms with Crippen LogP contribution in [0.25, 0.3) is 0 Å². The highest BCUT2D eigenvalue weighted by molar-refractivity contribution is 6.32. The van der Waals surface area contributed by atoms with E-state index in [1.165, 1.54) is 31.4 Å². The number of nitrogen functional groups attached to an aromatic ring is 1. The highest BCUT2D eigenvalue weighted by Crippen LogP contribution is 2.38. The number of rotatable bonds is 5. The zero-order chi connectivity index (χ0) is 22.0. The molecule has 2 aromatic carbocycles. The number of ketones is 2. The predicted octanol–water partition coefficient (Wildman–Crippen LogP) is 1.18.